The van der Waals surface area contributed by atoms with Crippen LogP contribution in [0.5, 0.6) is 5.75 Å². The molecule has 0 aliphatic heterocycles. The van der Waals surface area contributed by atoms with Crippen molar-refractivity contribution in [2.75, 3.05) is 0 Å². The fraction of sp³-hybridized carbons (Fsp3) is 0.400. The van der Waals surface area contributed by atoms with Crippen LogP contribution in [0.3, 0.4) is 0 Å². The standard InChI is InChI=1S/C10H13F2NO/c1-6(13)7(2)14-10-5-8(11)3-4-9(10)12/h3-7H,13H2,1-2H3/t6-,7?/m1/s1. The second-order valence-electron chi connectivity index (χ2n) is 3.26. The Morgan fingerprint density at radius 2 is 1.93 bits per heavy atom. The van der Waals surface area contributed by atoms with Crippen LogP contribution in [0.15, 0.2) is 18.2 Å². The molecule has 2 nitrogen and oxygen atoms in total. The van der Waals surface area contributed by atoms with E-state index >= 15 is 0 Å². The smallest absolute Gasteiger partial charge is 0.165 e. The zero-order valence-electron chi connectivity index (χ0n) is 8.13. The van der Waals surface area contributed by atoms with Crippen LogP contribution in [0.25, 0.3) is 0 Å². The Bertz CT molecular complexity index is 315. The molecule has 1 rings (SSSR count). The van der Waals surface area contributed by atoms with Crippen molar-refractivity contribution < 1.29 is 13.5 Å². The lowest BCUT2D eigenvalue weighted by Gasteiger charge is -2.18. The molecule has 0 saturated carbocycles. The lowest BCUT2D eigenvalue weighted by atomic mass is 10.2. The summed E-state index contributed by atoms with van der Waals surface area (Å²) in [5.74, 6) is -1.22. The molecule has 4 heteroatoms. The maximum absolute atomic E-state index is 13.1. The Kier molecular flexibility index (Phi) is 3.41. The van der Waals surface area contributed by atoms with Crippen LogP contribution in [0.2, 0.25) is 0 Å². The van der Waals surface area contributed by atoms with Crippen LogP contribution in [0.1, 0.15) is 13.8 Å². The summed E-state index contributed by atoms with van der Waals surface area (Å²) in [5.41, 5.74) is 5.53. The minimum absolute atomic E-state index is 0.102. The topological polar surface area (TPSA) is 35.2 Å². The van der Waals surface area contributed by atoms with Gasteiger partial charge in [0.25, 0.3) is 0 Å². The average molecular weight is 201 g/mol. The monoisotopic (exact) mass is 201 g/mol. The molecular formula is C10H13F2NO. The highest BCUT2D eigenvalue weighted by Gasteiger charge is 2.12. The second kappa shape index (κ2) is 4.37. The van der Waals surface area contributed by atoms with Crippen molar-refractivity contribution in [3.8, 4) is 5.75 Å². The quantitative estimate of drug-likeness (QED) is 0.812. The number of benzene rings is 1. The van der Waals surface area contributed by atoms with Crippen molar-refractivity contribution in [2.45, 2.75) is 26.0 Å². The van der Waals surface area contributed by atoms with Gasteiger partial charge in [-0.1, -0.05) is 0 Å². The van der Waals surface area contributed by atoms with Gasteiger partial charge in [-0.05, 0) is 26.0 Å². The summed E-state index contributed by atoms with van der Waals surface area (Å²) in [6.07, 6.45) is -0.355. The van der Waals surface area contributed by atoms with E-state index < -0.39 is 11.6 Å². The van der Waals surface area contributed by atoms with E-state index in [-0.39, 0.29) is 17.9 Å². The predicted octanol–water partition coefficient (Wildman–Crippen LogP) is 2.08. The molecule has 2 atom stereocenters. The molecule has 0 saturated heterocycles. The van der Waals surface area contributed by atoms with Gasteiger partial charge in [-0.2, -0.15) is 0 Å². The van der Waals surface area contributed by atoms with Crippen molar-refractivity contribution in [2.24, 2.45) is 5.73 Å². The lowest BCUT2D eigenvalue weighted by molar-refractivity contribution is 0.187. The molecule has 1 aromatic rings. The fourth-order valence-corrected chi connectivity index (χ4v) is 0.875. The van der Waals surface area contributed by atoms with Crippen LogP contribution < -0.4 is 10.5 Å². The molecule has 0 bridgehead atoms. The number of halogens is 2. The van der Waals surface area contributed by atoms with E-state index in [2.05, 4.69) is 0 Å². The highest BCUT2D eigenvalue weighted by Crippen LogP contribution is 2.19. The Labute approximate surface area is 81.7 Å². The van der Waals surface area contributed by atoms with E-state index in [9.17, 15) is 8.78 Å². The average Bonchev–Trinajstić information content (AvgIpc) is 2.11. The molecule has 0 fully saturated rings. The number of ether oxygens (including phenoxy) is 1. The molecule has 0 heterocycles. The summed E-state index contributed by atoms with van der Waals surface area (Å²) in [4.78, 5) is 0. The normalized spacial score (nSPS) is 14.9. The van der Waals surface area contributed by atoms with Gasteiger partial charge in [-0.25, -0.2) is 8.78 Å². The van der Waals surface area contributed by atoms with Crippen molar-refractivity contribution in [1.82, 2.24) is 0 Å². The molecule has 0 amide bonds. The zero-order chi connectivity index (χ0) is 10.7. The van der Waals surface area contributed by atoms with Gasteiger partial charge >= 0.3 is 0 Å². The van der Waals surface area contributed by atoms with Gasteiger partial charge in [0.1, 0.15) is 11.9 Å². The largest absolute Gasteiger partial charge is 0.486 e. The molecule has 78 valence electrons. The summed E-state index contributed by atoms with van der Waals surface area (Å²) in [6.45, 7) is 3.44. The minimum atomic E-state index is -0.584. The van der Waals surface area contributed by atoms with E-state index in [0.717, 1.165) is 18.2 Å². The maximum Gasteiger partial charge on any atom is 0.165 e. The van der Waals surface area contributed by atoms with E-state index in [1.54, 1.807) is 13.8 Å². The predicted molar refractivity (Wildman–Crippen MR) is 50.1 cm³/mol. The first-order valence-electron chi connectivity index (χ1n) is 4.38. The van der Waals surface area contributed by atoms with Crippen LogP contribution in [0.4, 0.5) is 8.78 Å². The van der Waals surface area contributed by atoms with Gasteiger partial charge < -0.3 is 10.5 Å². The minimum Gasteiger partial charge on any atom is -0.486 e. The highest BCUT2D eigenvalue weighted by molar-refractivity contribution is 5.25. The van der Waals surface area contributed by atoms with Crippen LogP contribution >= 0.6 is 0 Å². The molecule has 0 aliphatic carbocycles. The summed E-state index contributed by atoms with van der Waals surface area (Å²) < 4.78 is 30.9. The molecule has 1 aromatic carbocycles. The van der Waals surface area contributed by atoms with Crippen molar-refractivity contribution in [3.05, 3.63) is 29.8 Å². The first-order chi connectivity index (χ1) is 6.50. The Morgan fingerprint density at radius 3 is 2.50 bits per heavy atom. The van der Waals surface area contributed by atoms with Crippen LogP contribution in [-0.4, -0.2) is 12.1 Å². The molecule has 14 heavy (non-hydrogen) atoms. The third-order valence-corrected chi connectivity index (χ3v) is 1.95. The van der Waals surface area contributed by atoms with E-state index in [1.807, 2.05) is 0 Å². The van der Waals surface area contributed by atoms with E-state index in [0.29, 0.717) is 0 Å². The maximum atomic E-state index is 13.1. The van der Waals surface area contributed by atoms with Gasteiger partial charge in [0, 0.05) is 12.1 Å². The lowest BCUT2D eigenvalue weighted by Crippen LogP contribution is -2.33. The summed E-state index contributed by atoms with van der Waals surface area (Å²) >= 11 is 0. The van der Waals surface area contributed by atoms with E-state index in [1.165, 1.54) is 0 Å². The number of hydrogen-bond donors (Lipinski definition) is 1. The van der Waals surface area contributed by atoms with E-state index in [4.69, 9.17) is 10.5 Å². The molecular weight excluding hydrogens is 188 g/mol. The Balaban J connectivity index is 2.80. The van der Waals surface area contributed by atoms with Gasteiger partial charge in [-0.3, -0.25) is 0 Å². The summed E-state index contributed by atoms with van der Waals surface area (Å²) in [6, 6.07) is 2.84. The molecule has 2 N–H and O–H groups in total. The van der Waals surface area contributed by atoms with Gasteiger partial charge in [-0.15, -0.1) is 0 Å². The van der Waals surface area contributed by atoms with Crippen molar-refractivity contribution >= 4 is 0 Å². The molecule has 1 unspecified atom stereocenters. The first kappa shape index (κ1) is 10.9. The van der Waals surface area contributed by atoms with Crippen LogP contribution in [-0.2, 0) is 0 Å². The molecule has 0 spiro atoms. The number of hydrogen-bond acceptors (Lipinski definition) is 2. The van der Waals surface area contributed by atoms with Gasteiger partial charge in [0.15, 0.2) is 11.6 Å². The second-order valence-corrected chi connectivity index (χ2v) is 3.26. The Hall–Kier alpha value is -1.16. The van der Waals surface area contributed by atoms with Crippen molar-refractivity contribution in [3.63, 3.8) is 0 Å². The fourth-order valence-electron chi connectivity index (χ4n) is 0.875. The number of rotatable bonds is 3. The molecule has 0 aliphatic rings. The third kappa shape index (κ3) is 2.67. The summed E-state index contributed by atoms with van der Waals surface area (Å²) in [7, 11) is 0. The Morgan fingerprint density at radius 1 is 1.29 bits per heavy atom. The highest BCUT2D eigenvalue weighted by atomic mass is 19.1. The van der Waals surface area contributed by atoms with Crippen LogP contribution in [0, 0.1) is 11.6 Å². The molecule has 0 aromatic heterocycles. The van der Waals surface area contributed by atoms with Crippen molar-refractivity contribution in [1.29, 1.82) is 0 Å². The van der Waals surface area contributed by atoms with Gasteiger partial charge in [0.2, 0.25) is 0 Å². The number of nitrogens with two attached hydrogens (primary N) is 1. The first-order valence-corrected chi connectivity index (χ1v) is 4.38. The third-order valence-electron chi connectivity index (χ3n) is 1.95. The zero-order valence-corrected chi connectivity index (χ0v) is 8.13. The SMILES string of the molecule is CC(Oc1cc(F)ccc1F)[C@@H](C)N. The molecule has 0 radical (unpaired) electrons. The summed E-state index contributed by atoms with van der Waals surface area (Å²) in [5, 5.41) is 0. The van der Waals surface area contributed by atoms with Gasteiger partial charge in [0.05, 0.1) is 0 Å².